The van der Waals surface area contributed by atoms with Crippen LogP contribution in [0.25, 0.3) is 0 Å². The molecule has 1 saturated carbocycles. The van der Waals surface area contributed by atoms with Gasteiger partial charge >= 0.3 is 0 Å². The van der Waals surface area contributed by atoms with Crippen LogP contribution in [0, 0.1) is 5.92 Å². The lowest BCUT2D eigenvalue weighted by molar-refractivity contribution is -0.00748. The lowest BCUT2D eigenvalue weighted by Gasteiger charge is -2.42. The molecule has 4 rings (SSSR count). The molecular formula is C23H32N4O3. The Kier molecular flexibility index (Phi) is 5.73. The summed E-state index contributed by atoms with van der Waals surface area (Å²) in [5.41, 5.74) is 1.23. The summed E-state index contributed by atoms with van der Waals surface area (Å²) in [6.45, 7) is 2.18. The van der Waals surface area contributed by atoms with Crippen LogP contribution < -0.4 is 9.47 Å². The Morgan fingerprint density at radius 1 is 1.30 bits per heavy atom. The summed E-state index contributed by atoms with van der Waals surface area (Å²) < 4.78 is 13.7. The molecule has 0 saturated heterocycles. The monoisotopic (exact) mass is 412 g/mol. The predicted molar refractivity (Wildman–Crippen MR) is 115 cm³/mol. The molecule has 0 unspecified atom stereocenters. The maximum absolute atomic E-state index is 13.4. The van der Waals surface area contributed by atoms with Crippen molar-refractivity contribution in [2.24, 2.45) is 13.0 Å². The summed E-state index contributed by atoms with van der Waals surface area (Å²) in [4.78, 5) is 17.6. The van der Waals surface area contributed by atoms with Gasteiger partial charge in [0.2, 0.25) is 0 Å². The molecule has 2 aliphatic rings. The van der Waals surface area contributed by atoms with Crippen molar-refractivity contribution in [2.75, 3.05) is 34.3 Å². The summed E-state index contributed by atoms with van der Waals surface area (Å²) in [5, 5.41) is 4.18. The van der Waals surface area contributed by atoms with Crippen molar-refractivity contribution in [1.82, 2.24) is 19.6 Å². The number of nitrogens with zero attached hydrogens (tertiary/aromatic N) is 4. The minimum absolute atomic E-state index is 0.0101. The average Bonchev–Trinajstić information content (AvgIpc) is 3.08. The first-order chi connectivity index (χ1) is 14.4. The third kappa shape index (κ3) is 4.17. The number of aryl methyl sites for hydroxylation is 1. The number of amides is 1. The fourth-order valence-corrected chi connectivity index (χ4v) is 4.83. The van der Waals surface area contributed by atoms with E-state index in [1.807, 2.05) is 23.1 Å². The number of methoxy groups -OCH3 is 1. The first kappa shape index (κ1) is 20.7. The van der Waals surface area contributed by atoms with Crippen LogP contribution in [-0.2, 0) is 13.6 Å². The summed E-state index contributed by atoms with van der Waals surface area (Å²) >= 11 is 0. The highest BCUT2D eigenvalue weighted by Crippen LogP contribution is 2.41. The molecule has 0 N–H and O–H groups in total. The van der Waals surface area contributed by atoms with Gasteiger partial charge in [0.05, 0.1) is 13.7 Å². The van der Waals surface area contributed by atoms with Crippen LogP contribution in [0.4, 0.5) is 0 Å². The van der Waals surface area contributed by atoms with Gasteiger partial charge in [-0.3, -0.25) is 9.48 Å². The topological polar surface area (TPSA) is 59.8 Å². The van der Waals surface area contributed by atoms with Gasteiger partial charge in [0.15, 0.2) is 0 Å². The number of fused-ring (bicyclic) bond motifs is 1. The van der Waals surface area contributed by atoms with Crippen molar-refractivity contribution in [3.63, 3.8) is 0 Å². The largest absolute Gasteiger partial charge is 0.497 e. The molecule has 1 aliphatic carbocycles. The van der Waals surface area contributed by atoms with Crippen LogP contribution in [0.3, 0.4) is 0 Å². The molecule has 7 heteroatoms. The van der Waals surface area contributed by atoms with Gasteiger partial charge in [-0.05, 0) is 70.0 Å². The van der Waals surface area contributed by atoms with Crippen LogP contribution in [0.5, 0.6) is 11.5 Å². The SMILES string of the molecule is COc1ccc2c(c1)CN(C(=O)c1ccnn1C)CC1(CCC(CN(C)C)CC1)O2. The van der Waals surface area contributed by atoms with E-state index < -0.39 is 0 Å². The molecule has 0 radical (unpaired) electrons. The molecule has 2 heterocycles. The van der Waals surface area contributed by atoms with Gasteiger partial charge < -0.3 is 19.3 Å². The van der Waals surface area contributed by atoms with E-state index in [4.69, 9.17) is 9.47 Å². The van der Waals surface area contributed by atoms with Crippen LogP contribution in [0.2, 0.25) is 0 Å². The van der Waals surface area contributed by atoms with Gasteiger partial charge in [-0.1, -0.05) is 0 Å². The van der Waals surface area contributed by atoms with Gasteiger partial charge in [-0.25, -0.2) is 0 Å². The predicted octanol–water partition coefficient (Wildman–Crippen LogP) is 2.95. The van der Waals surface area contributed by atoms with Crippen molar-refractivity contribution < 1.29 is 14.3 Å². The second-order valence-electron chi connectivity index (χ2n) is 8.97. The number of aromatic nitrogens is 2. The van der Waals surface area contributed by atoms with E-state index in [0.717, 1.165) is 49.3 Å². The molecule has 1 aliphatic heterocycles. The summed E-state index contributed by atoms with van der Waals surface area (Å²) in [5.74, 6) is 2.30. The molecule has 0 bridgehead atoms. The summed E-state index contributed by atoms with van der Waals surface area (Å²) in [6.07, 6.45) is 5.79. The van der Waals surface area contributed by atoms with Crippen molar-refractivity contribution in [2.45, 2.75) is 37.8 Å². The lowest BCUT2D eigenvalue weighted by atomic mass is 9.78. The van der Waals surface area contributed by atoms with E-state index in [2.05, 4.69) is 24.1 Å². The smallest absolute Gasteiger partial charge is 0.272 e. The lowest BCUT2D eigenvalue weighted by Crippen LogP contribution is -2.50. The number of carbonyl (C=O) groups excluding carboxylic acids is 1. The maximum Gasteiger partial charge on any atom is 0.272 e. The number of hydrogen-bond acceptors (Lipinski definition) is 5. The molecule has 7 nitrogen and oxygen atoms in total. The quantitative estimate of drug-likeness (QED) is 0.773. The second kappa shape index (κ2) is 8.30. The standard InChI is InChI=1S/C23H32N4O3/c1-25(2)14-17-7-10-23(11-8-17)16-27(22(28)20-9-12-24-26(20)3)15-18-13-19(29-4)5-6-21(18)30-23/h5-6,9,12-13,17H,7-8,10-11,14-16H2,1-4H3. The molecule has 1 fully saturated rings. The number of benzene rings is 1. The molecule has 2 aromatic rings. The van der Waals surface area contributed by atoms with Crippen molar-refractivity contribution >= 4 is 5.91 Å². The van der Waals surface area contributed by atoms with Crippen LogP contribution in [0.1, 0.15) is 41.7 Å². The fourth-order valence-electron chi connectivity index (χ4n) is 4.83. The fraction of sp³-hybridized carbons (Fsp3) is 0.565. The third-order valence-corrected chi connectivity index (χ3v) is 6.40. The van der Waals surface area contributed by atoms with Gasteiger partial charge in [-0.15, -0.1) is 0 Å². The Balaban J connectivity index is 1.64. The maximum atomic E-state index is 13.4. The number of rotatable bonds is 4. The number of ether oxygens (including phenoxy) is 2. The molecular weight excluding hydrogens is 380 g/mol. The Morgan fingerprint density at radius 2 is 2.07 bits per heavy atom. The van der Waals surface area contributed by atoms with E-state index in [1.165, 1.54) is 0 Å². The average molecular weight is 413 g/mol. The summed E-state index contributed by atoms with van der Waals surface area (Å²) in [7, 11) is 7.72. The first-order valence-electron chi connectivity index (χ1n) is 10.7. The molecule has 30 heavy (non-hydrogen) atoms. The second-order valence-corrected chi connectivity index (χ2v) is 8.97. The highest BCUT2D eigenvalue weighted by atomic mass is 16.5. The molecule has 1 amide bonds. The van der Waals surface area contributed by atoms with E-state index in [-0.39, 0.29) is 11.5 Å². The zero-order valence-corrected chi connectivity index (χ0v) is 18.4. The Hall–Kier alpha value is -2.54. The van der Waals surface area contributed by atoms with E-state index in [9.17, 15) is 4.79 Å². The minimum Gasteiger partial charge on any atom is -0.497 e. The third-order valence-electron chi connectivity index (χ3n) is 6.40. The van der Waals surface area contributed by atoms with Gasteiger partial charge in [0, 0.05) is 31.9 Å². The van der Waals surface area contributed by atoms with Crippen LogP contribution in [0.15, 0.2) is 30.5 Å². The molecule has 1 aromatic heterocycles. The highest BCUT2D eigenvalue weighted by Gasteiger charge is 2.42. The van der Waals surface area contributed by atoms with Gasteiger partial charge in [0.25, 0.3) is 5.91 Å². The van der Waals surface area contributed by atoms with Gasteiger partial charge in [-0.2, -0.15) is 5.10 Å². The zero-order valence-electron chi connectivity index (χ0n) is 18.4. The minimum atomic E-state index is -0.350. The summed E-state index contributed by atoms with van der Waals surface area (Å²) in [6, 6.07) is 7.68. The molecule has 0 atom stereocenters. The Morgan fingerprint density at radius 3 is 2.70 bits per heavy atom. The van der Waals surface area contributed by atoms with Crippen molar-refractivity contribution in [1.29, 1.82) is 0 Å². The highest BCUT2D eigenvalue weighted by molar-refractivity contribution is 5.92. The number of carbonyl (C=O) groups is 1. The normalized spacial score (nSPS) is 23.8. The van der Waals surface area contributed by atoms with E-state index >= 15 is 0 Å². The van der Waals surface area contributed by atoms with Crippen molar-refractivity contribution in [3.05, 3.63) is 41.7 Å². The molecule has 1 aromatic carbocycles. The van der Waals surface area contributed by atoms with E-state index in [1.54, 1.807) is 31.1 Å². The Labute approximate surface area is 178 Å². The van der Waals surface area contributed by atoms with E-state index in [0.29, 0.717) is 24.7 Å². The van der Waals surface area contributed by atoms with Gasteiger partial charge in [0.1, 0.15) is 22.8 Å². The van der Waals surface area contributed by atoms with Crippen LogP contribution >= 0.6 is 0 Å². The van der Waals surface area contributed by atoms with Crippen molar-refractivity contribution in [3.8, 4) is 11.5 Å². The molecule has 162 valence electrons. The first-order valence-corrected chi connectivity index (χ1v) is 10.7. The Bertz CT molecular complexity index is 900. The molecule has 1 spiro atoms. The zero-order chi connectivity index (χ0) is 21.3. The van der Waals surface area contributed by atoms with Crippen LogP contribution in [-0.4, -0.2) is 65.4 Å². The number of hydrogen-bond donors (Lipinski definition) is 0.